The van der Waals surface area contributed by atoms with E-state index in [0.29, 0.717) is 30.9 Å². The summed E-state index contributed by atoms with van der Waals surface area (Å²) in [4.78, 5) is 24.4. The molecule has 1 saturated heterocycles. The van der Waals surface area contributed by atoms with E-state index in [1.165, 1.54) is 6.07 Å². The number of hydrogen-bond acceptors (Lipinski definition) is 5. The number of rotatable bonds is 4. The number of carbonyl (C=O) groups excluding carboxylic acids is 1. The number of nitrogens with zero attached hydrogens (tertiary/aromatic N) is 2. The van der Waals surface area contributed by atoms with Crippen molar-refractivity contribution in [3.63, 3.8) is 0 Å². The van der Waals surface area contributed by atoms with Gasteiger partial charge in [-0.1, -0.05) is 0 Å². The summed E-state index contributed by atoms with van der Waals surface area (Å²) in [6, 6.07) is 4.60. The van der Waals surface area contributed by atoms with Crippen LogP contribution in [-0.2, 0) is 0 Å². The summed E-state index contributed by atoms with van der Waals surface area (Å²) in [5.41, 5.74) is 6.60. The number of nitrogens with one attached hydrogen (secondary N) is 1. The lowest BCUT2D eigenvalue weighted by Crippen LogP contribution is -2.27. The molecule has 1 aliphatic rings. The van der Waals surface area contributed by atoms with Crippen LogP contribution in [0.4, 0.5) is 11.4 Å². The number of carbonyl (C=O) groups is 1. The van der Waals surface area contributed by atoms with E-state index in [1.54, 1.807) is 19.1 Å². The topological polar surface area (TPSA) is 102 Å². The van der Waals surface area contributed by atoms with Crippen molar-refractivity contribution < 1.29 is 9.72 Å². The fourth-order valence-electron chi connectivity index (χ4n) is 2.35. The van der Waals surface area contributed by atoms with Crippen LogP contribution in [0.25, 0.3) is 0 Å². The summed E-state index contributed by atoms with van der Waals surface area (Å²) in [5.74, 6) is -0.305. The normalized spacial score (nSPS) is 18.1. The first kappa shape index (κ1) is 14.3. The SMILES string of the molecule is CCNC(=O)c1ccc(N2CCC(N)C2)c([N+](=O)[O-])c1. The molecule has 1 aromatic rings. The number of nitrogens with two attached hydrogens (primary N) is 1. The number of benzene rings is 1. The monoisotopic (exact) mass is 278 g/mol. The predicted molar refractivity (Wildman–Crippen MR) is 75.9 cm³/mol. The van der Waals surface area contributed by atoms with E-state index in [0.717, 1.165) is 6.42 Å². The number of anilines is 1. The van der Waals surface area contributed by atoms with Gasteiger partial charge < -0.3 is 16.0 Å². The summed E-state index contributed by atoms with van der Waals surface area (Å²) in [6.07, 6.45) is 0.815. The molecule has 7 nitrogen and oxygen atoms in total. The van der Waals surface area contributed by atoms with E-state index >= 15 is 0 Å². The van der Waals surface area contributed by atoms with Crippen molar-refractivity contribution in [3.8, 4) is 0 Å². The largest absolute Gasteiger partial charge is 0.364 e. The van der Waals surface area contributed by atoms with E-state index in [-0.39, 0.29) is 17.6 Å². The zero-order valence-corrected chi connectivity index (χ0v) is 11.3. The van der Waals surface area contributed by atoms with Crippen LogP contribution in [0.2, 0.25) is 0 Å². The molecule has 0 saturated carbocycles. The van der Waals surface area contributed by atoms with Crippen molar-refractivity contribution >= 4 is 17.3 Å². The van der Waals surface area contributed by atoms with E-state index in [4.69, 9.17) is 5.73 Å². The Balaban J connectivity index is 2.33. The molecule has 3 N–H and O–H groups in total. The van der Waals surface area contributed by atoms with Gasteiger partial charge in [-0.15, -0.1) is 0 Å². The molecule has 20 heavy (non-hydrogen) atoms. The molecule has 1 unspecified atom stereocenters. The van der Waals surface area contributed by atoms with Gasteiger partial charge >= 0.3 is 0 Å². The number of nitro groups is 1. The first-order chi connectivity index (χ1) is 9.52. The Bertz CT molecular complexity index is 532. The molecule has 1 heterocycles. The third kappa shape index (κ3) is 2.88. The van der Waals surface area contributed by atoms with Gasteiger partial charge in [-0.05, 0) is 25.5 Å². The molecule has 0 spiro atoms. The Morgan fingerprint density at radius 1 is 1.60 bits per heavy atom. The lowest BCUT2D eigenvalue weighted by Gasteiger charge is -2.18. The van der Waals surface area contributed by atoms with Crippen molar-refractivity contribution in [1.82, 2.24) is 5.32 Å². The Labute approximate surface area is 116 Å². The van der Waals surface area contributed by atoms with Crippen molar-refractivity contribution in [2.75, 3.05) is 24.5 Å². The fourth-order valence-corrected chi connectivity index (χ4v) is 2.35. The summed E-state index contributed by atoms with van der Waals surface area (Å²) in [7, 11) is 0. The van der Waals surface area contributed by atoms with Gasteiger partial charge in [0, 0.05) is 37.3 Å². The molecule has 0 aliphatic carbocycles. The summed E-state index contributed by atoms with van der Waals surface area (Å²) < 4.78 is 0. The predicted octanol–water partition coefficient (Wildman–Crippen LogP) is 0.882. The van der Waals surface area contributed by atoms with Gasteiger partial charge in [0.2, 0.25) is 0 Å². The average Bonchev–Trinajstić information content (AvgIpc) is 2.84. The molecule has 108 valence electrons. The van der Waals surface area contributed by atoms with Crippen LogP contribution in [0.5, 0.6) is 0 Å². The number of amides is 1. The van der Waals surface area contributed by atoms with Crippen LogP contribution in [0.15, 0.2) is 18.2 Å². The Morgan fingerprint density at radius 2 is 2.35 bits per heavy atom. The highest BCUT2D eigenvalue weighted by atomic mass is 16.6. The molecule has 2 rings (SSSR count). The second-order valence-electron chi connectivity index (χ2n) is 4.81. The smallest absolute Gasteiger partial charge is 0.293 e. The molecular weight excluding hydrogens is 260 g/mol. The minimum Gasteiger partial charge on any atom is -0.364 e. The molecule has 1 atom stereocenters. The number of nitro benzene ring substituents is 1. The van der Waals surface area contributed by atoms with Crippen molar-refractivity contribution in [2.24, 2.45) is 5.73 Å². The van der Waals surface area contributed by atoms with E-state index in [2.05, 4.69) is 5.32 Å². The van der Waals surface area contributed by atoms with Crippen molar-refractivity contribution in [2.45, 2.75) is 19.4 Å². The van der Waals surface area contributed by atoms with Crippen LogP contribution >= 0.6 is 0 Å². The van der Waals surface area contributed by atoms with E-state index in [1.807, 2.05) is 4.90 Å². The van der Waals surface area contributed by atoms with Gasteiger partial charge in [0.1, 0.15) is 5.69 Å². The highest BCUT2D eigenvalue weighted by Gasteiger charge is 2.26. The molecule has 1 aliphatic heterocycles. The zero-order chi connectivity index (χ0) is 14.7. The van der Waals surface area contributed by atoms with Crippen LogP contribution in [0, 0.1) is 10.1 Å². The maximum absolute atomic E-state index is 11.7. The van der Waals surface area contributed by atoms with Gasteiger partial charge in [0.25, 0.3) is 11.6 Å². The molecule has 1 aromatic carbocycles. The molecule has 0 radical (unpaired) electrons. The van der Waals surface area contributed by atoms with Crippen LogP contribution in [-0.4, -0.2) is 36.5 Å². The molecule has 7 heteroatoms. The molecule has 1 amide bonds. The second kappa shape index (κ2) is 5.87. The Morgan fingerprint density at radius 3 is 2.90 bits per heavy atom. The molecule has 0 aromatic heterocycles. The van der Waals surface area contributed by atoms with E-state index in [9.17, 15) is 14.9 Å². The first-order valence-electron chi connectivity index (χ1n) is 6.60. The third-order valence-electron chi connectivity index (χ3n) is 3.34. The summed E-state index contributed by atoms with van der Waals surface area (Å²) in [6.45, 7) is 3.57. The summed E-state index contributed by atoms with van der Waals surface area (Å²) >= 11 is 0. The van der Waals surface area contributed by atoms with Gasteiger partial charge in [-0.25, -0.2) is 0 Å². The van der Waals surface area contributed by atoms with Crippen LogP contribution in [0.1, 0.15) is 23.7 Å². The van der Waals surface area contributed by atoms with Gasteiger partial charge in [0.15, 0.2) is 0 Å². The highest BCUT2D eigenvalue weighted by molar-refractivity contribution is 5.95. The molecule has 1 fully saturated rings. The first-order valence-corrected chi connectivity index (χ1v) is 6.60. The minimum atomic E-state index is -0.456. The highest BCUT2D eigenvalue weighted by Crippen LogP contribution is 2.31. The maximum Gasteiger partial charge on any atom is 0.293 e. The second-order valence-corrected chi connectivity index (χ2v) is 4.81. The Hall–Kier alpha value is -2.15. The van der Waals surface area contributed by atoms with Gasteiger partial charge in [-0.2, -0.15) is 0 Å². The number of hydrogen-bond donors (Lipinski definition) is 2. The standard InChI is InChI=1S/C13H18N4O3/c1-2-15-13(18)9-3-4-11(12(7-9)17(19)20)16-6-5-10(14)8-16/h3-4,7,10H,2,5-6,8,14H2,1H3,(H,15,18). The fraction of sp³-hybridized carbons (Fsp3) is 0.462. The van der Waals surface area contributed by atoms with Gasteiger partial charge in [0.05, 0.1) is 4.92 Å². The van der Waals surface area contributed by atoms with Crippen molar-refractivity contribution in [1.29, 1.82) is 0 Å². The van der Waals surface area contributed by atoms with Gasteiger partial charge in [-0.3, -0.25) is 14.9 Å². The van der Waals surface area contributed by atoms with Crippen molar-refractivity contribution in [3.05, 3.63) is 33.9 Å². The van der Waals surface area contributed by atoms with Crippen LogP contribution in [0.3, 0.4) is 0 Å². The lowest BCUT2D eigenvalue weighted by molar-refractivity contribution is -0.384. The minimum absolute atomic E-state index is 0.0395. The summed E-state index contributed by atoms with van der Waals surface area (Å²) in [5, 5.41) is 13.8. The zero-order valence-electron chi connectivity index (χ0n) is 11.3. The average molecular weight is 278 g/mol. The van der Waals surface area contributed by atoms with E-state index < -0.39 is 4.92 Å². The quantitative estimate of drug-likeness (QED) is 0.629. The maximum atomic E-state index is 11.7. The lowest BCUT2D eigenvalue weighted by atomic mass is 10.1. The van der Waals surface area contributed by atoms with Crippen LogP contribution < -0.4 is 16.0 Å². The Kier molecular flexibility index (Phi) is 4.19. The molecular formula is C13H18N4O3. The third-order valence-corrected chi connectivity index (χ3v) is 3.34. The molecule has 0 bridgehead atoms.